The Bertz CT molecular complexity index is 3360. The van der Waals surface area contributed by atoms with Crippen LogP contribution in [0.4, 0.5) is 0 Å². The monoisotopic (exact) mass is 789 g/mol. The molecule has 3 heterocycles. The highest BCUT2D eigenvalue weighted by Gasteiger charge is 2.23. The molecule has 288 valence electrons. The van der Waals surface area contributed by atoms with Crippen LogP contribution >= 0.6 is 11.3 Å². The van der Waals surface area contributed by atoms with E-state index < -0.39 is 0 Å². The summed E-state index contributed by atoms with van der Waals surface area (Å²) in [6.07, 6.45) is 5.23. The molecule has 0 fully saturated rings. The topological polar surface area (TPSA) is 25.5 Å². The van der Waals surface area contributed by atoms with Crippen LogP contribution in [0.2, 0.25) is 0 Å². The molecule has 2 aromatic heterocycles. The summed E-state index contributed by atoms with van der Waals surface area (Å²) in [4.78, 5) is 5.69. The van der Waals surface area contributed by atoms with E-state index in [-0.39, 0.29) is 5.92 Å². The molecule has 1 aliphatic rings. The Hall–Kier alpha value is -6.81. The predicted molar refractivity (Wildman–Crippen MR) is 258 cm³/mol. The molecule has 8 aromatic carbocycles. The lowest BCUT2D eigenvalue weighted by atomic mass is 9.84. The van der Waals surface area contributed by atoms with E-state index in [2.05, 4.69) is 196 Å². The van der Waals surface area contributed by atoms with Gasteiger partial charge in [0.15, 0.2) is 0 Å². The third kappa shape index (κ3) is 6.20. The summed E-state index contributed by atoms with van der Waals surface area (Å²) in [7, 11) is 0. The van der Waals surface area contributed by atoms with Crippen LogP contribution < -0.4 is 0 Å². The maximum atomic E-state index is 6.71. The molecule has 0 spiro atoms. The van der Waals surface area contributed by atoms with Gasteiger partial charge < -0.3 is 4.42 Å². The highest BCUT2D eigenvalue weighted by molar-refractivity contribution is 7.25. The molecule has 0 bridgehead atoms. The van der Waals surface area contributed by atoms with E-state index in [1.807, 2.05) is 11.3 Å². The van der Waals surface area contributed by atoms with Crippen LogP contribution in [-0.2, 0) is 0 Å². The summed E-state index contributed by atoms with van der Waals surface area (Å²) in [5, 5.41) is 7.33. The number of furan rings is 1. The number of aliphatic imine (C=N–C) groups is 1. The fourth-order valence-corrected chi connectivity index (χ4v) is 10.7. The lowest BCUT2D eigenvalue weighted by Gasteiger charge is -2.21. The van der Waals surface area contributed by atoms with Gasteiger partial charge in [-0.05, 0) is 94.6 Å². The highest BCUT2D eigenvalue weighted by atomic mass is 32.1. The average molecular weight is 790 g/mol. The fourth-order valence-electron chi connectivity index (χ4n) is 9.62. The first kappa shape index (κ1) is 36.3. The summed E-state index contributed by atoms with van der Waals surface area (Å²) in [5.74, 6) is 0.171. The maximum absolute atomic E-state index is 6.71. The summed E-state index contributed by atoms with van der Waals surface area (Å²) in [5.41, 5.74) is 15.0. The van der Waals surface area contributed by atoms with E-state index in [0.717, 1.165) is 69.3 Å². The molecule has 60 heavy (non-hydrogen) atoms. The SMILES string of the molecule is CCC1/C=C(/c2cccc3c(-c4cccc5oc6c(-c7ccccc7)cccc6c45)cccc23)N=C(c2ccccc2)CCC(C)=C1c1ccc2sc3ccccc3c2c1. The maximum Gasteiger partial charge on any atom is 0.143 e. The number of hydrogen-bond donors (Lipinski definition) is 0. The molecule has 2 nitrogen and oxygen atoms in total. The van der Waals surface area contributed by atoms with Crippen LogP contribution in [0.3, 0.4) is 0 Å². The quantitative estimate of drug-likeness (QED) is 0.165. The van der Waals surface area contributed by atoms with Gasteiger partial charge in [0.1, 0.15) is 11.2 Å². The van der Waals surface area contributed by atoms with Gasteiger partial charge in [0.25, 0.3) is 0 Å². The number of rotatable bonds is 6. The van der Waals surface area contributed by atoms with E-state index >= 15 is 0 Å². The van der Waals surface area contributed by atoms with Crippen LogP contribution in [0.25, 0.3) is 86.4 Å². The van der Waals surface area contributed by atoms with Gasteiger partial charge in [0.2, 0.25) is 0 Å². The Balaban J connectivity index is 1.10. The van der Waals surface area contributed by atoms with Crippen LogP contribution in [0, 0.1) is 5.92 Å². The second-order valence-corrected chi connectivity index (χ2v) is 17.1. The van der Waals surface area contributed by atoms with Crippen LogP contribution in [-0.4, -0.2) is 5.71 Å². The Kier molecular flexibility index (Phi) is 9.13. The van der Waals surface area contributed by atoms with Crippen LogP contribution in [0.15, 0.2) is 197 Å². The number of nitrogens with zero attached hydrogens (tertiary/aromatic N) is 1. The molecule has 0 radical (unpaired) electrons. The zero-order valence-corrected chi connectivity index (χ0v) is 34.6. The van der Waals surface area contributed by atoms with Crippen molar-refractivity contribution >= 4 is 81.2 Å². The molecule has 1 unspecified atom stereocenters. The summed E-state index contributed by atoms with van der Waals surface area (Å²) in [6.45, 7) is 4.67. The van der Waals surface area contributed by atoms with E-state index in [4.69, 9.17) is 9.41 Å². The molecule has 0 saturated carbocycles. The van der Waals surface area contributed by atoms with Crippen molar-refractivity contribution in [2.75, 3.05) is 0 Å². The van der Waals surface area contributed by atoms with Gasteiger partial charge in [0.05, 0.1) is 5.70 Å². The average Bonchev–Trinajstić information content (AvgIpc) is 3.89. The second-order valence-electron chi connectivity index (χ2n) is 16.0. The molecular formula is C57H43NOS. The van der Waals surface area contributed by atoms with Gasteiger partial charge in [-0.1, -0.05) is 170 Å². The van der Waals surface area contributed by atoms with Gasteiger partial charge in [-0.3, -0.25) is 4.99 Å². The third-order valence-electron chi connectivity index (χ3n) is 12.5. The van der Waals surface area contributed by atoms with Crippen molar-refractivity contribution in [2.24, 2.45) is 10.9 Å². The minimum absolute atomic E-state index is 0.171. The number of thiophene rings is 1. The zero-order chi connectivity index (χ0) is 40.2. The van der Waals surface area contributed by atoms with Gasteiger partial charge in [0, 0.05) is 53.7 Å². The molecule has 0 amide bonds. The Labute approximate surface area is 354 Å². The summed E-state index contributed by atoms with van der Waals surface area (Å²) >= 11 is 1.88. The van der Waals surface area contributed by atoms with Crippen molar-refractivity contribution in [3.05, 3.63) is 204 Å². The number of para-hydroxylation sites is 1. The van der Waals surface area contributed by atoms with Crippen molar-refractivity contribution in [2.45, 2.75) is 33.1 Å². The standard InChI is InChI=1S/C57H43NOS/c1-3-37-35-51(58-50(39-18-8-5-9-19-39)32-30-36(2)55(37)40-31-33-54-49(34-40)46-20-10-11-29-53(46)60-54)45-25-14-22-42-43(45)23-13-24-44(42)47-26-15-28-52-56(47)48-27-12-21-41(57(48)59-52)38-16-6-4-7-17-38/h4-29,31,33-35,37H,3,30,32H2,1-2H3/b51-35-,55-36?,58-50?. The van der Waals surface area contributed by atoms with E-state index in [9.17, 15) is 0 Å². The summed E-state index contributed by atoms with van der Waals surface area (Å²) in [6, 6.07) is 63.8. The fraction of sp³-hybridized carbons (Fsp3) is 0.105. The Morgan fingerprint density at radius 1 is 0.533 bits per heavy atom. The number of allylic oxidation sites excluding steroid dienone is 3. The first-order valence-electron chi connectivity index (χ1n) is 21.1. The van der Waals surface area contributed by atoms with Crippen molar-refractivity contribution in [3.8, 4) is 22.3 Å². The normalized spacial score (nSPS) is 15.9. The molecule has 0 saturated heterocycles. The van der Waals surface area contributed by atoms with E-state index in [1.165, 1.54) is 64.3 Å². The van der Waals surface area contributed by atoms with Gasteiger partial charge in [-0.2, -0.15) is 0 Å². The largest absolute Gasteiger partial charge is 0.455 e. The van der Waals surface area contributed by atoms with Crippen molar-refractivity contribution in [1.29, 1.82) is 0 Å². The Morgan fingerprint density at radius 3 is 1.97 bits per heavy atom. The van der Waals surface area contributed by atoms with Crippen LogP contribution in [0.5, 0.6) is 0 Å². The molecule has 1 atom stereocenters. The number of hydrogen-bond acceptors (Lipinski definition) is 3. The van der Waals surface area contributed by atoms with Crippen LogP contribution in [0.1, 0.15) is 49.8 Å². The molecule has 1 aliphatic heterocycles. The molecule has 11 rings (SSSR count). The first-order chi connectivity index (χ1) is 29.6. The van der Waals surface area contributed by atoms with Gasteiger partial charge in [-0.15, -0.1) is 11.3 Å². The zero-order valence-electron chi connectivity index (χ0n) is 33.8. The number of fused-ring (bicyclic) bond motifs is 7. The minimum atomic E-state index is 0.171. The second kappa shape index (κ2) is 15.1. The molecule has 3 heteroatoms. The lowest BCUT2D eigenvalue weighted by molar-refractivity contribution is 0.670. The minimum Gasteiger partial charge on any atom is -0.455 e. The molecular weight excluding hydrogens is 747 g/mol. The lowest BCUT2D eigenvalue weighted by Crippen LogP contribution is -2.04. The van der Waals surface area contributed by atoms with Crippen molar-refractivity contribution in [3.63, 3.8) is 0 Å². The van der Waals surface area contributed by atoms with Crippen molar-refractivity contribution in [1.82, 2.24) is 0 Å². The number of benzene rings is 8. The van der Waals surface area contributed by atoms with Gasteiger partial charge in [-0.25, -0.2) is 0 Å². The highest BCUT2D eigenvalue weighted by Crippen LogP contribution is 2.45. The third-order valence-corrected chi connectivity index (χ3v) is 13.7. The van der Waals surface area contributed by atoms with Gasteiger partial charge >= 0.3 is 0 Å². The molecule has 0 aliphatic carbocycles. The molecule has 10 aromatic rings. The van der Waals surface area contributed by atoms with Crippen molar-refractivity contribution < 1.29 is 4.42 Å². The Morgan fingerprint density at radius 2 is 1.17 bits per heavy atom. The first-order valence-corrected chi connectivity index (χ1v) is 21.9. The molecule has 0 N–H and O–H groups in total. The smallest absolute Gasteiger partial charge is 0.143 e. The summed E-state index contributed by atoms with van der Waals surface area (Å²) < 4.78 is 9.38. The predicted octanol–water partition coefficient (Wildman–Crippen LogP) is 16.6. The van der Waals surface area contributed by atoms with E-state index in [0.29, 0.717) is 0 Å². The van der Waals surface area contributed by atoms with E-state index in [1.54, 1.807) is 0 Å².